The summed E-state index contributed by atoms with van der Waals surface area (Å²) in [5.41, 5.74) is 1.68. The number of hydrogen-bond donors (Lipinski definition) is 1. The number of methoxy groups -OCH3 is 1. The van der Waals surface area contributed by atoms with E-state index in [2.05, 4.69) is 15.5 Å². The van der Waals surface area contributed by atoms with Gasteiger partial charge in [-0.2, -0.15) is 4.31 Å². The molecule has 2 aromatic carbocycles. The van der Waals surface area contributed by atoms with E-state index >= 15 is 0 Å². The first-order valence-corrected chi connectivity index (χ1v) is 11.0. The highest BCUT2D eigenvalue weighted by molar-refractivity contribution is 7.89. The number of anilines is 2. The summed E-state index contributed by atoms with van der Waals surface area (Å²) >= 11 is 0. The van der Waals surface area contributed by atoms with Crippen LogP contribution in [0.2, 0.25) is 0 Å². The molecule has 1 aromatic heterocycles. The minimum absolute atomic E-state index is 0.119. The average molecular weight is 428 g/mol. The molecule has 1 fully saturated rings. The summed E-state index contributed by atoms with van der Waals surface area (Å²) in [6, 6.07) is 14.4. The second-order valence-corrected chi connectivity index (χ2v) is 8.82. The smallest absolute Gasteiger partial charge is 0.246 e. The van der Waals surface area contributed by atoms with E-state index in [-0.39, 0.29) is 10.7 Å². The molecule has 0 atom stereocenters. The zero-order chi connectivity index (χ0) is 21.1. The monoisotopic (exact) mass is 428 g/mol. The van der Waals surface area contributed by atoms with Gasteiger partial charge in [0.2, 0.25) is 10.0 Å². The van der Waals surface area contributed by atoms with Gasteiger partial charge >= 0.3 is 0 Å². The Kier molecular flexibility index (Phi) is 5.65. The molecular formula is C21H21FN4O3S. The minimum Gasteiger partial charge on any atom is -0.495 e. The Morgan fingerprint density at radius 2 is 1.83 bits per heavy atom. The number of aromatic nitrogens is 2. The summed E-state index contributed by atoms with van der Waals surface area (Å²) in [5, 5.41) is 11.3. The predicted molar refractivity (Wildman–Crippen MR) is 112 cm³/mol. The largest absolute Gasteiger partial charge is 0.495 e. The number of ether oxygens (including phenoxy) is 1. The number of benzene rings is 2. The van der Waals surface area contributed by atoms with Crippen molar-refractivity contribution in [2.75, 3.05) is 25.5 Å². The second kappa shape index (κ2) is 8.37. The molecule has 0 aliphatic carbocycles. The summed E-state index contributed by atoms with van der Waals surface area (Å²) < 4.78 is 46.2. The van der Waals surface area contributed by atoms with E-state index in [9.17, 15) is 12.8 Å². The Balaban J connectivity index is 1.62. The van der Waals surface area contributed by atoms with Crippen LogP contribution in [-0.4, -0.2) is 43.1 Å². The van der Waals surface area contributed by atoms with Gasteiger partial charge in [-0.15, -0.1) is 10.2 Å². The molecule has 2 heterocycles. The van der Waals surface area contributed by atoms with Crippen LogP contribution in [0.5, 0.6) is 5.75 Å². The first-order valence-electron chi connectivity index (χ1n) is 9.52. The predicted octanol–water partition coefficient (Wildman–Crippen LogP) is 3.82. The Morgan fingerprint density at radius 1 is 1.03 bits per heavy atom. The second-order valence-electron chi connectivity index (χ2n) is 6.92. The lowest BCUT2D eigenvalue weighted by molar-refractivity contribution is 0.398. The third-order valence-corrected chi connectivity index (χ3v) is 6.82. The first kappa shape index (κ1) is 20.2. The van der Waals surface area contributed by atoms with Crippen LogP contribution in [0.3, 0.4) is 0 Å². The summed E-state index contributed by atoms with van der Waals surface area (Å²) in [4.78, 5) is 0.119. The standard InChI is InChI=1S/C21H21FN4O3S/c1-29-19-9-7-15(13-20(19)30(27,28)26-11-2-3-12-26)18-8-10-21(25-24-18)23-17-6-4-5-16(22)14-17/h4-10,13-14H,2-3,11-12H2,1H3,(H,23,25). The maximum atomic E-state index is 13.3. The molecule has 4 rings (SSSR count). The van der Waals surface area contributed by atoms with E-state index in [1.54, 1.807) is 42.5 Å². The lowest BCUT2D eigenvalue weighted by Crippen LogP contribution is -2.28. The molecule has 1 N–H and O–H groups in total. The van der Waals surface area contributed by atoms with Gasteiger partial charge in [0.05, 0.1) is 12.8 Å². The quantitative estimate of drug-likeness (QED) is 0.643. The van der Waals surface area contributed by atoms with E-state index in [1.807, 2.05) is 0 Å². The van der Waals surface area contributed by atoms with Gasteiger partial charge in [-0.25, -0.2) is 12.8 Å². The molecule has 0 amide bonds. The number of nitrogens with one attached hydrogen (secondary N) is 1. The van der Waals surface area contributed by atoms with Gasteiger partial charge in [-0.1, -0.05) is 6.07 Å². The maximum Gasteiger partial charge on any atom is 0.246 e. The number of rotatable bonds is 6. The van der Waals surface area contributed by atoms with Crippen LogP contribution in [0.25, 0.3) is 11.3 Å². The Hall–Kier alpha value is -3.04. The fourth-order valence-electron chi connectivity index (χ4n) is 3.37. The normalized spacial score (nSPS) is 14.6. The van der Waals surface area contributed by atoms with Crippen molar-refractivity contribution in [1.29, 1.82) is 0 Å². The van der Waals surface area contributed by atoms with E-state index < -0.39 is 10.0 Å². The van der Waals surface area contributed by atoms with Gasteiger partial charge in [0, 0.05) is 24.3 Å². The van der Waals surface area contributed by atoms with Gasteiger partial charge < -0.3 is 10.1 Å². The van der Waals surface area contributed by atoms with Crippen LogP contribution in [0, 0.1) is 5.82 Å². The summed E-state index contributed by atoms with van der Waals surface area (Å²) in [7, 11) is -2.20. The van der Waals surface area contributed by atoms with Crippen LogP contribution in [-0.2, 0) is 10.0 Å². The zero-order valence-electron chi connectivity index (χ0n) is 16.4. The van der Waals surface area contributed by atoms with Crippen molar-refractivity contribution in [2.24, 2.45) is 0 Å². The molecule has 9 heteroatoms. The minimum atomic E-state index is -3.65. The van der Waals surface area contributed by atoms with Gasteiger partial charge in [0.25, 0.3) is 0 Å². The van der Waals surface area contributed by atoms with E-state index in [4.69, 9.17) is 4.74 Å². The van der Waals surface area contributed by atoms with Crippen molar-refractivity contribution in [3.05, 3.63) is 60.4 Å². The van der Waals surface area contributed by atoms with Crippen LogP contribution in [0.4, 0.5) is 15.9 Å². The number of nitrogens with zero attached hydrogens (tertiary/aromatic N) is 3. The highest BCUT2D eigenvalue weighted by Crippen LogP contribution is 2.32. The van der Waals surface area contributed by atoms with Crippen LogP contribution < -0.4 is 10.1 Å². The molecule has 1 aliphatic heterocycles. The molecular weight excluding hydrogens is 407 g/mol. The Labute approximate surface area is 174 Å². The van der Waals surface area contributed by atoms with Crippen LogP contribution in [0.15, 0.2) is 59.5 Å². The summed E-state index contributed by atoms with van der Waals surface area (Å²) in [5.74, 6) is 0.389. The van der Waals surface area contributed by atoms with Gasteiger partial charge in [0.1, 0.15) is 16.5 Å². The third kappa shape index (κ3) is 4.12. The van der Waals surface area contributed by atoms with Crippen molar-refractivity contribution < 1.29 is 17.5 Å². The first-order chi connectivity index (χ1) is 14.5. The Morgan fingerprint density at radius 3 is 2.50 bits per heavy atom. The average Bonchev–Trinajstić information content (AvgIpc) is 3.30. The summed E-state index contributed by atoms with van der Waals surface area (Å²) in [6.45, 7) is 1.02. The SMILES string of the molecule is COc1ccc(-c2ccc(Nc3cccc(F)c3)nn2)cc1S(=O)(=O)N1CCCC1. The fourth-order valence-corrected chi connectivity index (χ4v) is 5.07. The topological polar surface area (TPSA) is 84.4 Å². The molecule has 0 bridgehead atoms. The fraction of sp³-hybridized carbons (Fsp3) is 0.238. The molecule has 7 nitrogen and oxygen atoms in total. The third-order valence-electron chi connectivity index (χ3n) is 4.90. The van der Waals surface area contributed by atoms with Gasteiger partial charge in [0.15, 0.2) is 5.82 Å². The molecule has 3 aromatic rings. The van der Waals surface area contributed by atoms with E-state index in [0.29, 0.717) is 41.6 Å². The summed E-state index contributed by atoms with van der Waals surface area (Å²) in [6.07, 6.45) is 1.71. The van der Waals surface area contributed by atoms with Crippen LogP contribution >= 0.6 is 0 Å². The van der Waals surface area contributed by atoms with Crippen molar-refractivity contribution >= 4 is 21.5 Å². The molecule has 0 saturated carbocycles. The van der Waals surface area contributed by atoms with Crippen molar-refractivity contribution in [1.82, 2.24) is 14.5 Å². The van der Waals surface area contributed by atoms with Crippen molar-refractivity contribution in [3.63, 3.8) is 0 Å². The van der Waals surface area contributed by atoms with E-state index in [1.165, 1.54) is 23.5 Å². The van der Waals surface area contributed by atoms with Crippen molar-refractivity contribution in [2.45, 2.75) is 17.7 Å². The lowest BCUT2D eigenvalue weighted by Gasteiger charge is -2.18. The van der Waals surface area contributed by atoms with Gasteiger partial charge in [-0.3, -0.25) is 0 Å². The zero-order valence-corrected chi connectivity index (χ0v) is 17.2. The molecule has 30 heavy (non-hydrogen) atoms. The maximum absolute atomic E-state index is 13.3. The molecule has 0 spiro atoms. The Bertz CT molecular complexity index is 1150. The molecule has 0 unspecified atom stereocenters. The number of halogens is 1. The highest BCUT2D eigenvalue weighted by Gasteiger charge is 2.30. The molecule has 156 valence electrons. The number of sulfonamides is 1. The lowest BCUT2D eigenvalue weighted by atomic mass is 10.1. The highest BCUT2D eigenvalue weighted by atomic mass is 32.2. The van der Waals surface area contributed by atoms with Crippen LogP contribution in [0.1, 0.15) is 12.8 Å². The van der Waals surface area contributed by atoms with E-state index in [0.717, 1.165) is 12.8 Å². The molecule has 0 radical (unpaired) electrons. The van der Waals surface area contributed by atoms with Gasteiger partial charge in [-0.05, 0) is 61.4 Å². The number of hydrogen-bond acceptors (Lipinski definition) is 6. The molecule has 1 saturated heterocycles. The molecule has 1 aliphatic rings. The van der Waals surface area contributed by atoms with Crippen molar-refractivity contribution in [3.8, 4) is 17.0 Å².